The van der Waals surface area contributed by atoms with E-state index in [0.717, 1.165) is 11.3 Å². The van der Waals surface area contributed by atoms with Gasteiger partial charge < -0.3 is 9.84 Å². The number of ether oxygens (including phenoxy) is 1. The molecule has 0 spiro atoms. The van der Waals surface area contributed by atoms with Gasteiger partial charge in [-0.2, -0.15) is 5.10 Å². The molecule has 0 saturated heterocycles. The quantitative estimate of drug-likeness (QED) is 0.928. The Morgan fingerprint density at radius 1 is 1.44 bits per heavy atom. The first-order valence-electron chi connectivity index (χ1n) is 5.55. The third-order valence-electron chi connectivity index (χ3n) is 2.88. The van der Waals surface area contributed by atoms with Gasteiger partial charge in [0.05, 0.1) is 12.8 Å². The van der Waals surface area contributed by atoms with Gasteiger partial charge in [-0.1, -0.05) is 23.7 Å². The highest BCUT2D eigenvalue weighted by Gasteiger charge is 2.21. The fourth-order valence-electron chi connectivity index (χ4n) is 1.94. The van der Waals surface area contributed by atoms with Gasteiger partial charge in [-0.3, -0.25) is 4.68 Å². The summed E-state index contributed by atoms with van der Waals surface area (Å²) in [4.78, 5) is 0. The highest BCUT2D eigenvalue weighted by molar-refractivity contribution is 6.30. The second-order valence-electron chi connectivity index (χ2n) is 4.09. The van der Waals surface area contributed by atoms with E-state index in [9.17, 15) is 5.11 Å². The van der Waals surface area contributed by atoms with E-state index in [1.54, 1.807) is 24.9 Å². The van der Waals surface area contributed by atoms with Crippen molar-refractivity contribution in [2.45, 2.75) is 13.0 Å². The Morgan fingerprint density at radius 2 is 2.17 bits per heavy atom. The fraction of sp³-hybridized carbons (Fsp3) is 0.308. The minimum atomic E-state index is -0.804. The van der Waals surface area contributed by atoms with Crippen molar-refractivity contribution in [2.75, 3.05) is 7.11 Å². The molecule has 0 aliphatic heterocycles. The molecule has 0 radical (unpaired) electrons. The number of benzene rings is 1. The summed E-state index contributed by atoms with van der Waals surface area (Å²) >= 11 is 6.14. The number of methoxy groups -OCH3 is 1. The van der Waals surface area contributed by atoms with Gasteiger partial charge in [0, 0.05) is 12.6 Å². The highest BCUT2D eigenvalue weighted by atomic mass is 35.5. The second kappa shape index (κ2) is 5.00. The van der Waals surface area contributed by atoms with Crippen LogP contribution in [0.15, 0.2) is 24.3 Å². The zero-order valence-electron chi connectivity index (χ0n) is 10.5. The van der Waals surface area contributed by atoms with Crippen LogP contribution in [0.3, 0.4) is 0 Å². The third kappa shape index (κ3) is 2.21. The summed E-state index contributed by atoms with van der Waals surface area (Å²) in [6, 6.07) is 7.27. The lowest BCUT2D eigenvalue weighted by Crippen LogP contribution is -2.01. The minimum absolute atomic E-state index is 0.447. The molecule has 2 rings (SSSR count). The number of rotatable bonds is 3. The number of hydrogen-bond acceptors (Lipinski definition) is 3. The van der Waals surface area contributed by atoms with Gasteiger partial charge in [-0.25, -0.2) is 0 Å². The molecule has 5 heteroatoms. The van der Waals surface area contributed by atoms with Gasteiger partial charge in [-0.15, -0.1) is 0 Å². The molecule has 4 nitrogen and oxygen atoms in total. The molecule has 96 valence electrons. The first-order chi connectivity index (χ1) is 8.54. The molecule has 2 aromatic rings. The van der Waals surface area contributed by atoms with Gasteiger partial charge in [0.15, 0.2) is 0 Å². The summed E-state index contributed by atoms with van der Waals surface area (Å²) < 4.78 is 6.69. The van der Waals surface area contributed by atoms with Crippen LogP contribution in [-0.2, 0) is 7.05 Å². The lowest BCUT2D eigenvalue weighted by atomic mass is 10.0. The Labute approximate surface area is 111 Å². The van der Waals surface area contributed by atoms with Gasteiger partial charge in [0.1, 0.15) is 17.0 Å². The van der Waals surface area contributed by atoms with Crippen molar-refractivity contribution in [1.29, 1.82) is 0 Å². The van der Waals surface area contributed by atoms with Crippen molar-refractivity contribution in [3.8, 4) is 5.75 Å². The number of aliphatic hydroxyl groups excluding tert-OH is 1. The Morgan fingerprint density at radius 3 is 2.72 bits per heavy atom. The van der Waals surface area contributed by atoms with Crippen LogP contribution < -0.4 is 4.74 Å². The van der Waals surface area contributed by atoms with Gasteiger partial charge in [0.2, 0.25) is 0 Å². The topological polar surface area (TPSA) is 47.3 Å². The molecule has 1 aromatic heterocycles. The molecule has 1 heterocycles. The first kappa shape index (κ1) is 12.9. The maximum atomic E-state index is 10.4. The van der Waals surface area contributed by atoms with E-state index in [1.165, 1.54) is 0 Å². The molecule has 0 bridgehead atoms. The van der Waals surface area contributed by atoms with E-state index in [-0.39, 0.29) is 0 Å². The molecule has 1 atom stereocenters. The average Bonchev–Trinajstić information content (AvgIpc) is 2.62. The summed E-state index contributed by atoms with van der Waals surface area (Å²) in [5.74, 6) is 0.698. The highest BCUT2D eigenvalue weighted by Crippen LogP contribution is 2.31. The normalized spacial score (nSPS) is 12.5. The molecule has 1 N–H and O–H groups in total. The molecular weight excluding hydrogens is 252 g/mol. The monoisotopic (exact) mass is 266 g/mol. The molecule has 1 unspecified atom stereocenters. The van der Waals surface area contributed by atoms with Crippen LogP contribution in [0.4, 0.5) is 0 Å². The lowest BCUT2D eigenvalue weighted by Gasteiger charge is -2.12. The van der Waals surface area contributed by atoms with Gasteiger partial charge in [-0.05, 0) is 24.6 Å². The van der Waals surface area contributed by atoms with Crippen molar-refractivity contribution >= 4 is 11.6 Å². The summed E-state index contributed by atoms with van der Waals surface area (Å²) in [6.45, 7) is 1.82. The second-order valence-corrected chi connectivity index (χ2v) is 4.45. The maximum absolute atomic E-state index is 10.4. The number of aryl methyl sites for hydroxylation is 2. The number of halogens is 1. The van der Waals surface area contributed by atoms with Crippen LogP contribution in [-0.4, -0.2) is 22.0 Å². The minimum Gasteiger partial charge on any atom is -0.497 e. The van der Waals surface area contributed by atoms with Gasteiger partial charge in [0.25, 0.3) is 0 Å². The molecule has 0 amide bonds. The molecular formula is C13H15ClN2O2. The molecule has 0 aliphatic rings. The summed E-state index contributed by atoms with van der Waals surface area (Å²) in [6.07, 6.45) is -0.804. The summed E-state index contributed by atoms with van der Waals surface area (Å²) in [7, 11) is 3.34. The van der Waals surface area contributed by atoms with Crippen LogP contribution in [0.25, 0.3) is 0 Å². The largest absolute Gasteiger partial charge is 0.497 e. The number of hydrogen-bond donors (Lipinski definition) is 1. The van der Waals surface area contributed by atoms with E-state index in [2.05, 4.69) is 5.10 Å². The maximum Gasteiger partial charge on any atom is 0.133 e. The Hall–Kier alpha value is -1.52. The Balaban J connectivity index is 2.44. The van der Waals surface area contributed by atoms with Crippen molar-refractivity contribution in [2.24, 2.45) is 7.05 Å². The zero-order valence-corrected chi connectivity index (χ0v) is 11.3. The van der Waals surface area contributed by atoms with Crippen molar-refractivity contribution in [1.82, 2.24) is 9.78 Å². The van der Waals surface area contributed by atoms with Crippen LogP contribution >= 0.6 is 11.6 Å². The van der Waals surface area contributed by atoms with Crippen molar-refractivity contribution in [3.63, 3.8) is 0 Å². The smallest absolute Gasteiger partial charge is 0.133 e. The summed E-state index contributed by atoms with van der Waals surface area (Å²) in [5.41, 5.74) is 2.08. The average molecular weight is 267 g/mol. The van der Waals surface area contributed by atoms with Crippen molar-refractivity contribution in [3.05, 3.63) is 46.2 Å². The zero-order chi connectivity index (χ0) is 13.3. The van der Waals surface area contributed by atoms with Crippen LogP contribution in [0.2, 0.25) is 5.15 Å². The SMILES string of the molecule is COc1cccc(C(O)c2c(C)nn(C)c2Cl)c1. The molecule has 18 heavy (non-hydrogen) atoms. The predicted octanol–water partition coefficient (Wildman–Crippen LogP) is 2.47. The lowest BCUT2D eigenvalue weighted by molar-refractivity contribution is 0.219. The van der Waals surface area contributed by atoms with Crippen molar-refractivity contribution < 1.29 is 9.84 Å². The van der Waals surface area contributed by atoms with Crippen LogP contribution in [0.1, 0.15) is 22.9 Å². The molecule has 0 saturated carbocycles. The Bertz CT molecular complexity index is 566. The van der Waals surface area contributed by atoms with E-state index in [1.807, 2.05) is 25.1 Å². The predicted molar refractivity (Wildman–Crippen MR) is 70.0 cm³/mol. The molecule has 1 aromatic carbocycles. The summed E-state index contributed by atoms with van der Waals surface area (Å²) in [5, 5.41) is 15.0. The van der Waals surface area contributed by atoms with Crippen LogP contribution in [0, 0.1) is 6.92 Å². The van der Waals surface area contributed by atoms with E-state index < -0.39 is 6.10 Å². The standard InChI is InChI=1S/C13H15ClN2O2/c1-8-11(13(14)16(2)15-8)12(17)9-5-4-6-10(7-9)18-3/h4-7,12,17H,1-3H3. The molecule has 0 fully saturated rings. The van der Waals surface area contributed by atoms with E-state index in [0.29, 0.717) is 16.5 Å². The van der Waals surface area contributed by atoms with Gasteiger partial charge >= 0.3 is 0 Å². The van der Waals surface area contributed by atoms with E-state index >= 15 is 0 Å². The molecule has 0 aliphatic carbocycles. The third-order valence-corrected chi connectivity index (χ3v) is 3.33. The number of nitrogens with zero attached hydrogens (tertiary/aromatic N) is 2. The number of aliphatic hydroxyl groups is 1. The van der Waals surface area contributed by atoms with Crippen LogP contribution in [0.5, 0.6) is 5.75 Å². The number of aromatic nitrogens is 2. The fourth-order valence-corrected chi connectivity index (χ4v) is 2.21. The first-order valence-corrected chi connectivity index (χ1v) is 5.93. The van der Waals surface area contributed by atoms with E-state index in [4.69, 9.17) is 16.3 Å². The Kier molecular flexibility index (Phi) is 3.59.